The van der Waals surface area contributed by atoms with Crippen molar-refractivity contribution in [3.05, 3.63) is 46.5 Å². The second-order valence-corrected chi connectivity index (χ2v) is 11.6. The van der Waals surface area contributed by atoms with Crippen LogP contribution >= 0.6 is 0 Å². The number of carbonyl (C=O) groups is 2. The van der Waals surface area contributed by atoms with E-state index < -0.39 is 168 Å². The van der Waals surface area contributed by atoms with Crippen molar-refractivity contribution in [1.29, 1.82) is 0 Å². The number of carbonyl (C=O) groups excluding carboxylic acids is 2. The summed E-state index contributed by atoms with van der Waals surface area (Å²) in [6.45, 7) is -6.62. The lowest BCUT2D eigenvalue weighted by molar-refractivity contribution is -0.130. The first-order valence-corrected chi connectivity index (χ1v) is 14.7. The molecule has 2 fully saturated rings. The smallest absolute Gasteiger partial charge is 0.161 e. The Morgan fingerprint density at radius 2 is 1.30 bits per heavy atom. The molecule has 4 aliphatic heterocycles. The number of rotatable bonds is 9. The molecule has 0 amide bonds. The van der Waals surface area contributed by atoms with Gasteiger partial charge in [0.15, 0.2) is 23.0 Å². The molecule has 258 valence electrons. The number of ketones is 2. The van der Waals surface area contributed by atoms with Crippen LogP contribution in [0.15, 0.2) is 24.3 Å². The van der Waals surface area contributed by atoms with Gasteiger partial charge in [-0.3, -0.25) is 19.4 Å². The van der Waals surface area contributed by atoms with E-state index in [0.29, 0.717) is 24.3 Å². The van der Waals surface area contributed by atoms with Crippen molar-refractivity contribution in [2.45, 2.75) is 84.4 Å². The molecular weight excluding hydrogens is 592 g/mol. The van der Waals surface area contributed by atoms with Crippen LogP contribution in [0.2, 0.25) is 0 Å². The molecule has 4 heterocycles. The van der Waals surface area contributed by atoms with Crippen molar-refractivity contribution in [2.75, 3.05) is 54.2 Å². The normalized spacial score (nSPS) is 44.1. The molecule has 0 aliphatic carbocycles. The maximum absolute atomic E-state index is 13.5. The Morgan fingerprint density at radius 1 is 0.830 bits per heavy atom. The summed E-state index contributed by atoms with van der Waals surface area (Å²) >= 11 is 0. The number of nitrogens with zero attached hydrogens (tertiary/aromatic N) is 2. The Morgan fingerprint density at radius 3 is 1.74 bits per heavy atom. The number of methoxy groups -OCH3 is 4. The molecule has 0 saturated carbocycles. The van der Waals surface area contributed by atoms with Crippen molar-refractivity contribution < 1.29 is 69.7 Å². The average molecular weight is 679 g/mol. The van der Waals surface area contributed by atoms with Gasteiger partial charge in [0.25, 0.3) is 0 Å². The molecule has 2 aromatic rings. The van der Waals surface area contributed by atoms with Crippen molar-refractivity contribution in [3.8, 4) is 23.0 Å². The van der Waals surface area contributed by atoms with Gasteiger partial charge in [0.2, 0.25) is 0 Å². The number of ether oxygens (including phenoxy) is 4. The van der Waals surface area contributed by atoms with Crippen LogP contribution in [0.25, 0.3) is 0 Å². The zero-order chi connectivity index (χ0) is 59.9. The Labute approximate surface area is 324 Å². The zero-order valence-electron chi connectivity index (χ0n) is 55.9. The van der Waals surface area contributed by atoms with Gasteiger partial charge in [-0.2, -0.15) is 0 Å². The fourth-order valence-electron chi connectivity index (χ4n) is 5.85. The summed E-state index contributed by atoms with van der Waals surface area (Å²) in [5.41, 5.74) is -1.83. The predicted octanol–water partition coefficient (Wildman–Crippen LogP) is 6.87. The quantitative estimate of drug-likeness (QED) is 0.285. The molecule has 0 bridgehead atoms. The number of Topliss-reactive ketones (excluding diaryl/α,β-unsaturated/α-hetero) is 2. The lowest BCUT2D eigenvalue weighted by Crippen LogP contribution is -2.46. The van der Waals surface area contributed by atoms with Crippen LogP contribution in [0.1, 0.15) is 135 Å². The minimum Gasteiger partial charge on any atom is -0.493 e. The van der Waals surface area contributed by atoms with Crippen LogP contribution < -0.4 is 18.9 Å². The molecule has 0 aromatic heterocycles. The second kappa shape index (κ2) is 15.4. The van der Waals surface area contributed by atoms with Gasteiger partial charge in [-0.25, -0.2) is 0 Å². The monoisotopic (exact) mass is 679 g/mol. The minimum absolute atomic E-state index is 0.116. The Hall–Kier alpha value is -3.10. The van der Waals surface area contributed by atoms with Gasteiger partial charge >= 0.3 is 0 Å². The summed E-state index contributed by atoms with van der Waals surface area (Å²) in [6, 6.07) is -1.47. The zero-order valence-corrected chi connectivity index (χ0v) is 25.9. The van der Waals surface area contributed by atoms with Gasteiger partial charge in [-0.1, -0.05) is 34.0 Å². The molecule has 0 radical (unpaired) electrons. The van der Waals surface area contributed by atoms with E-state index in [9.17, 15) is 11.0 Å². The van der Waals surface area contributed by atoms with Gasteiger partial charge in [-0.05, 0) is 83.9 Å². The second-order valence-electron chi connectivity index (χ2n) is 11.6. The van der Waals surface area contributed by atoms with E-state index in [0.717, 1.165) is 23.1 Å². The molecule has 2 saturated heterocycles. The first-order chi connectivity index (χ1) is 33.9. The van der Waals surface area contributed by atoms with E-state index in [1.165, 1.54) is 0 Å². The van der Waals surface area contributed by atoms with Crippen molar-refractivity contribution in [3.63, 3.8) is 0 Å². The molecular formula is C39H56N2O6. The van der Waals surface area contributed by atoms with Crippen molar-refractivity contribution in [1.82, 2.24) is 9.80 Å². The molecule has 4 aliphatic rings. The maximum Gasteiger partial charge on any atom is 0.161 e. The third-order valence-corrected chi connectivity index (χ3v) is 8.15. The molecule has 2 aromatic carbocycles. The molecule has 5 unspecified atom stereocenters. The molecule has 8 nitrogen and oxygen atoms in total. The number of aryl methyl sites for hydroxylation is 2. The van der Waals surface area contributed by atoms with E-state index in [4.69, 9.17) is 58.7 Å². The third kappa shape index (κ3) is 7.64. The van der Waals surface area contributed by atoms with Gasteiger partial charge in [0.1, 0.15) is 11.6 Å². The van der Waals surface area contributed by atoms with E-state index in [-0.39, 0.29) is 23.8 Å². The number of benzene rings is 2. The fourth-order valence-corrected chi connectivity index (χ4v) is 5.85. The van der Waals surface area contributed by atoms with E-state index >= 15 is 0 Å². The molecule has 0 spiro atoms. The standard InChI is InChI=1S/C20H29NO3.C19H27NO3/c1-5-13(2)8-15-12-21-7-6-14-9-19(23-3)20(24-4)10-16(14)17(21)11-18(15)22;1-12(2)7-14-11-20-6-5-13-8-18(22-3)19(23-4)9-15(13)16(20)10-17(14)21/h9-10,13,15,17H,5-8,11-12H2,1-4H3;8-9,12,14,16H,5-7,10-11H2,1-4H3/i2D3,3D3,4D3,5D2,6D2,7D2,8D2,13D,17D;3D3,4D3,5D2,6D2,16D. The van der Waals surface area contributed by atoms with Crippen LogP contribution in [-0.2, 0) is 22.3 Å². The van der Waals surface area contributed by atoms with Crippen LogP contribution in [0.3, 0.4) is 0 Å². The number of hydrogen-bond acceptors (Lipinski definition) is 8. The molecule has 47 heavy (non-hydrogen) atoms. The van der Waals surface area contributed by atoms with Gasteiger partial charge < -0.3 is 18.9 Å². The molecule has 8 heteroatoms. The molecule has 5 atom stereocenters. The van der Waals surface area contributed by atoms with Crippen molar-refractivity contribution >= 4 is 11.6 Å². The van der Waals surface area contributed by atoms with E-state index in [1.807, 2.05) is 13.8 Å². The largest absolute Gasteiger partial charge is 0.493 e. The first kappa shape index (κ1) is 13.3. The SMILES string of the molecule is [2H]C([2H])([2H])Oc1cc2c(cc1OC([2H])([2H])[2H])C([2H])([2H])C([2H])([2H])N1CC(C([2H])([2H])C([2H])(C([2H])([2H])[2H])C([2H])([2H])C)C(=O)CC21[2H].[2H]C([2H])([2H])Oc1cc2c(cc1OC([2H])([2H])[2H])C([2H])([2H])C([2H])([2H])N1CC(CC(C)C)C(=O)CC21[2H]. The lowest BCUT2D eigenvalue weighted by atomic mass is 9.79. The van der Waals surface area contributed by atoms with Crippen LogP contribution in [0.5, 0.6) is 23.0 Å². The highest BCUT2D eigenvalue weighted by Crippen LogP contribution is 2.44. The number of hydrogen-bond donors (Lipinski definition) is 0. The van der Waals surface area contributed by atoms with Crippen LogP contribution in [-0.4, -0.2) is 75.6 Å². The predicted molar refractivity (Wildman–Crippen MR) is 185 cm³/mol. The van der Waals surface area contributed by atoms with E-state index in [1.54, 1.807) is 0 Å². The molecule has 0 N–H and O–H groups in total. The van der Waals surface area contributed by atoms with Gasteiger partial charge in [0.05, 0.1) is 47.3 Å². The summed E-state index contributed by atoms with van der Waals surface area (Å²) in [7, 11) is -12.5. The number of piperidine rings is 2. The summed E-state index contributed by atoms with van der Waals surface area (Å²) in [5.74, 6) is -10.6. The van der Waals surface area contributed by atoms with Gasteiger partial charge in [0, 0.05) is 84.7 Å². The van der Waals surface area contributed by atoms with Crippen molar-refractivity contribution in [2.24, 2.45) is 23.6 Å². The summed E-state index contributed by atoms with van der Waals surface area (Å²) in [4.78, 5) is 27.9. The summed E-state index contributed by atoms with van der Waals surface area (Å²) in [6.07, 6.45) is -13.7. The Balaban J connectivity index is 0.000000292. The number of fused-ring (bicyclic) bond motifs is 6. The summed E-state index contributed by atoms with van der Waals surface area (Å²) < 4.78 is 261. The first-order valence-electron chi connectivity index (χ1n) is 29.7. The molecule has 6 rings (SSSR count). The third-order valence-electron chi connectivity index (χ3n) is 8.15. The van der Waals surface area contributed by atoms with E-state index in [2.05, 4.69) is 0 Å². The average Bonchev–Trinajstić information content (AvgIpc) is 3.18. The topological polar surface area (TPSA) is 77.5 Å². The highest BCUT2D eigenvalue weighted by molar-refractivity contribution is 5.83. The van der Waals surface area contributed by atoms with Crippen LogP contribution in [0.4, 0.5) is 0 Å². The lowest BCUT2D eigenvalue weighted by Gasteiger charge is -2.43. The highest BCUT2D eigenvalue weighted by atomic mass is 16.5. The van der Waals surface area contributed by atoms with Gasteiger partial charge in [-0.15, -0.1) is 0 Å². The fraction of sp³-hybridized carbons (Fsp3) is 0.641. The van der Waals surface area contributed by atoms with Crippen LogP contribution in [0, 0.1) is 23.6 Å². The highest BCUT2D eigenvalue weighted by Gasteiger charge is 2.40. The maximum atomic E-state index is 13.5. The minimum atomic E-state index is -3.65. The summed E-state index contributed by atoms with van der Waals surface area (Å²) in [5, 5.41) is 0. The Kier molecular flexibility index (Phi) is 4.37. The Bertz CT molecular complexity index is 2590.